The van der Waals surface area contributed by atoms with Gasteiger partial charge in [-0.25, -0.2) is 28.1 Å². The van der Waals surface area contributed by atoms with Crippen LogP contribution in [0.5, 0.6) is 11.6 Å². The van der Waals surface area contributed by atoms with Crippen molar-refractivity contribution in [2.75, 3.05) is 4.72 Å². The molecule has 3 aromatic heterocycles. The van der Waals surface area contributed by atoms with E-state index in [1.165, 1.54) is 24.7 Å². The third kappa shape index (κ3) is 4.64. The van der Waals surface area contributed by atoms with Gasteiger partial charge in [-0.15, -0.1) is 0 Å². The normalized spacial score (nSPS) is 11.3. The number of oxazole rings is 1. The van der Waals surface area contributed by atoms with Gasteiger partial charge >= 0.3 is 0 Å². The quantitative estimate of drug-likeness (QED) is 0.372. The highest BCUT2D eigenvalue weighted by molar-refractivity contribution is 7.92. The molecule has 0 aliphatic heterocycles. The predicted octanol–water partition coefficient (Wildman–Crippen LogP) is 4.22. The Hall–Kier alpha value is -4.51. The molecule has 0 atom stereocenters. The molecular weight excluding hydrogens is 456 g/mol. The number of anilines is 1. The van der Waals surface area contributed by atoms with Crippen LogP contribution in [0, 0.1) is 6.92 Å². The first-order chi connectivity index (χ1) is 16.5. The topological polar surface area (TPSA) is 125 Å². The van der Waals surface area contributed by atoms with Crippen LogP contribution >= 0.6 is 0 Å². The zero-order valence-electron chi connectivity index (χ0n) is 17.9. The maximum atomic E-state index is 12.8. The Morgan fingerprint density at radius 3 is 2.50 bits per heavy atom. The van der Waals surface area contributed by atoms with E-state index in [1.807, 2.05) is 0 Å². The van der Waals surface area contributed by atoms with Crippen molar-refractivity contribution in [1.29, 1.82) is 0 Å². The molecule has 0 aliphatic rings. The average molecular weight is 475 g/mol. The summed E-state index contributed by atoms with van der Waals surface area (Å²) in [6, 6.07) is 16.3. The summed E-state index contributed by atoms with van der Waals surface area (Å²) in [4.78, 5) is 12.6. The van der Waals surface area contributed by atoms with Crippen molar-refractivity contribution >= 4 is 15.7 Å². The van der Waals surface area contributed by atoms with Crippen molar-refractivity contribution in [2.24, 2.45) is 0 Å². The monoisotopic (exact) mass is 474 g/mol. The minimum Gasteiger partial charge on any atom is -0.449 e. The predicted molar refractivity (Wildman–Crippen MR) is 123 cm³/mol. The van der Waals surface area contributed by atoms with Crippen molar-refractivity contribution in [3.8, 4) is 28.7 Å². The second kappa shape index (κ2) is 8.79. The third-order valence-electron chi connectivity index (χ3n) is 4.78. The molecule has 1 N–H and O–H groups in total. The molecule has 0 unspecified atom stereocenters. The van der Waals surface area contributed by atoms with Gasteiger partial charge in [-0.3, -0.25) is 4.72 Å². The highest BCUT2D eigenvalue weighted by atomic mass is 32.2. The number of hydrogen-bond acceptors (Lipinski definition) is 8. The van der Waals surface area contributed by atoms with E-state index in [4.69, 9.17) is 9.15 Å². The van der Waals surface area contributed by atoms with Crippen LogP contribution in [0.15, 0.2) is 95.0 Å². The van der Waals surface area contributed by atoms with Crippen molar-refractivity contribution in [1.82, 2.24) is 24.7 Å². The molecule has 0 saturated carbocycles. The minimum atomic E-state index is -3.77. The third-order valence-corrected chi connectivity index (χ3v) is 6.17. The molecule has 5 aromatic rings. The summed E-state index contributed by atoms with van der Waals surface area (Å²) >= 11 is 0. The van der Waals surface area contributed by atoms with Gasteiger partial charge in [0.05, 0.1) is 4.90 Å². The molecule has 5 rings (SSSR count). The molecule has 0 radical (unpaired) electrons. The molecular formula is C23H18N6O4S. The molecule has 0 amide bonds. The zero-order valence-corrected chi connectivity index (χ0v) is 18.7. The van der Waals surface area contributed by atoms with Gasteiger partial charge in [0.25, 0.3) is 10.0 Å². The standard InChI is InChI=1S/C23H18N6O4S/c1-16-27-21(14-32-16)17-3-9-20(10-4-17)34(30,31)28-18-5-7-19(8-6-18)33-23-13-22(24-15-25-23)29-12-2-11-26-29/h2-15,28H,1H3. The van der Waals surface area contributed by atoms with Crippen LogP contribution in [-0.4, -0.2) is 33.2 Å². The largest absolute Gasteiger partial charge is 0.449 e. The number of sulfonamides is 1. The summed E-state index contributed by atoms with van der Waals surface area (Å²) in [6.45, 7) is 1.74. The second-order valence-electron chi connectivity index (χ2n) is 7.17. The SMILES string of the molecule is Cc1nc(-c2ccc(S(=O)(=O)Nc3ccc(Oc4cc(-n5cccn5)ncn4)cc3)cc2)co1. The number of ether oxygens (including phenoxy) is 1. The molecule has 10 nitrogen and oxygen atoms in total. The molecule has 11 heteroatoms. The van der Waals surface area contributed by atoms with Crippen LogP contribution in [0.25, 0.3) is 17.1 Å². The highest BCUT2D eigenvalue weighted by Gasteiger charge is 2.15. The van der Waals surface area contributed by atoms with Crippen molar-refractivity contribution in [3.63, 3.8) is 0 Å². The smallest absolute Gasteiger partial charge is 0.261 e. The van der Waals surface area contributed by atoms with Crippen LogP contribution < -0.4 is 9.46 Å². The molecule has 0 aliphatic carbocycles. The Morgan fingerprint density at radius 2 is 1.82 bits per heavy atom. The molecule has 0 spiro atoms. The van der Waals surface area contributed by atoms with E-state index < -0.39 is 10.0 Å². The average Bonchev–Trinajstić information content (AvgIpc) is 3.53. The molecule has 0 bridgehead atoms. The van der Waals surface area contributed by atoms with E-state index in [0.717, 1.165) is 5.56 Å². The number of aromatic nitrogens is 5. The Morgan fingerprint density at radius 1 is 1.03 bits per heavy atom. The number of hydrogen-bond donors (Lipinski definition) is 1. The second-order valence-corrected chi connectivity index (χ2v) is 8.86. The summed E-state index contributed by atoms with van der Waals surface area (Å²) < 4.78 is 40.7. The first kappa shape index (κ1) is 21.3. The van der Waals surface area contributed by atoms with Crippen molar-refractivity contribution in [2.45, 2.75) is 11.8 Å². The van der Waals surface area contributed by atoms with Crippen molar-refractivity contribution in [3.05, 3.63) is 91.5 Å². The van der Waals surface area contributed by atoms with Crippen LogP contribution in [-0.2, 0) is 10.0 Å². The summed E-state index contributed by atoms with van der Waals surface area (Å²) in [7, 11) is -3.77. The zero-order chi connectivity index (χ0) is 23.5. The highest BCUT2D eigenvalue weighted by Crippen LogP contribution is 2.25. The van der Waals surface area contributed by atoms with Gasteiger partial charge in [-0.2, -0.15) is 5.10 Å². The first-order valence-electron chi connectivity index (χ1n) is 10.1. The maximum Gasteiger partial charge on any atom is 0.261 e. The molecule has 170 valence electrons. The Balaban J connectivity index is 1.27. The summed E-state index contributed by atoms with van der Waals surface area (Å²) in [5, 5.41) is 4.12. The molecule has 3 heterocycles. The van der Waals surface area contributed by atoms with Gasteiger partial charge in [0.2, 0.25) is 5.88 Å². The fourth-order valence-corrected chi connectivity index (χ4v) is 4.20. The van der Waals surface area contributed by atoms with E-state index in [2.05, 4.69) is 24.8 Å². The lowest BCUT2D eigenvalue weighted by atomic mass is 10.2. The lowest BCUT2D eigenvalue weighted by Crippen LogP contribution is -2.12. The maximum absolute atomic E-state index is 12.8. The fraction of sp³-hybridized carbons (Fsp3) is 0.0435. The molecule has 0 fully saturated rings. The summed E-state index contributed by atoms with van der Waals surface area (Å²) in [6.07, 6.45) is 6.31. The van der Waals surface area contributed by atoms with Gasteiger partial charge < -0.3 is 9.15 Å². The number of nitrogens with zero attached hydrogens (tertiary/aromatic N) is 5. The fourth-order valence-electron chi connectivity index (χ4n) is 3.14. The number of nitrogens with one attached hydrogen (secondary N) is 1. The Labute approximate surface area is 195 Å². The lowest BCUT2D eigenvalue weighted by molar-refractivity contribution is 0.460. The first-order valence-corrected chi connectivity index (χ1v) is 11.6. The van der Waals surface area contributed by atoms with E-state index in [0.29, 0.717) is 34.7 Å². The summed E-state index contributed by atoms with van der Waals surface area (Å²) in [5.41, 5.74) is 1.80. The van der Waals surface area contributed by atoms with Crippen molar-refractivity contribution < 1.29 is 17.6 Å². The molecule has 0 saturated heterocycles. The van der Waals surface area contributed by atoms with Gasteiger partial charge in [-0.05, 0) is 42.5 Å². The lowest BCUT2D eigenvalue weighted by Gasteiger charge is -2.10. The Bertz CT molecular complexity index is 1510. The van der Waals surface area contributed by atoms with Gasteiger partial charge in [0, 0.05) is 36.6 Å². The van der Waals surface area contributed by atoms with Gasteiger partial charge in [0.1, 0.15) is 24.0 Å². The van der Waals surface area contributed by atoms with Gasteiger partial charge in [0.15, 0.2) is 11.7 Å². The van der Waals surface area contributed by atoms with E-state index in [-0.39, 0.29) is 4.90 Å². The van der Waals surface area contributed by atoms with Crippen LogP contribution in [0.2, 0.25) is 0 Å². The van der Waals surface area contributed by atoms with Crippen LogP contribution in [0.1, 0.15) is 5.89 Å². The summed E-state index contributed by atoms with van der Waals surface area (Å²) in [5.74, 6) is 1.92. The van der Waals surface area contributed by atoms with Crippen LogP contribution in [0.3, 0.4) is 0 Å². The van der Waals surface area contributed by atoms with Crippen LogP contribution in [0.4, 0.5) is 5.69 Å². The number of rotatable bonds is 7. The van der Waals surface area contributed by atoms with Gasteiger partial charge in [-0.1, -0.05) is 12.1 Å². The minimum absolute atomic E-state index is 0.129. The molecule has 2 aromatic carbocycles. The Kier molecular flexibility index (Phi) is 5.52. The molecule has 34 heavy (non-hydrogen) atoms. The number of benzene rings is 2. The van der Waals surface area contributed by atoms with E-state index in [1.54, 1.807) is 72.5 Å². The van der Waals surface area contributed by atoms with E-state index >= 15 is 0 Å². The number of aryl methyl sites for hydroxylation is 1. The van der Waals surface area contributed by atoms with E-state index in [9.17, 15) is 8.42 Å².